The molecule has 2 aromatic heterocycles. The smallest absolute Gasteiger partial charge is 0.335 e. The van der Waals surface area contributed by atoms with E-state index < -0.39 is 15.7 Å². The van der Waals surface area contributed by atoms with Crippen LogP contribution in [0.5, 0.6) is 0 Å². The van der Waals surface area contributed by atoms with Gasteiger partial charge in [-0.1, -0.05) is 24.3 Å². The number of aromatic nitrogens is 2. The van der Waals surface area contributed by atoms with Crippen molar-refractivity contribution in [2.75, 3.05) is 31.1 Å². The third kappa shape index (κ3) is 3.40. The van der Waals surface area contributed by atoms with Gasteiger partial charge in [0.2, 0.25) is 0 Å². The van der Waals surface area contributed by atoms with Gasteiger partial charge >= 0.3 is 5.69 Å². The zero-order valence-corrected chi connectivity index (χ0v) is 18.3. The van der Waals surface area contributed by atoms with Crippen LogP contribution in [0.15, 0.2) is 61.6 Å². The van der Waals surface area contributed by atoms with Crippen molar-refractivity contribution in [3.8, 4) is 5.69 Å². The Bertz CT molecular complexity index is 1270. The van der Waals surface area contributed by atoms with Crippen LogP contribution in [0.1, 0.15) is 5.69 Å². The normalized spacial score (nSPS) is 15.5. The highest BCUT2D eigenvalue weighted by Crippen LogP contribution is 2.24. The van der Waals surface area contributed by atoms with Gasteiger partial charge in [-0.2, -0.15) is 4.31 Å². The molecule has 1 saturated heterocycles. The first-order chi connectivity index (χ1) is 14.3. The highest BCUT2D eigenvalue weighted by Gasteiger charge is 2.31. The zero-order chi connectivity index (χ0) is 21.5. The van der Waals surface area contributed by atoms with E-state index in [9.17, 15) is 18.0 Å². The number of rotatable bonds is 4. The number of hydrogen-bond donors (Lipinski definition) is 0. The Morgan fingerprint density at radius 2 is 1.60 bits per heavy atom. The molecule has 0 N–H and O–H groups in total. The van der Waals surface area contributed by atoms with Crippen LogP contribution in [-0.4, -0.2) is 48.0 Å². The van der Waals surface area contributed by atoms with Crippen molar-refractivity contribution < 1.29 is 8.42 Å². The number of piperazine rings is 1. The lowest BCUT2D eigenvalue weighted by Crippen LogP contribution is -2.51. The average Bonchev–Trinajstić information content (AvgIpc) is 3.29. The van der Waals surface area contributed by atoms with Crippen molar-refractivity contribution in [2.45, 2.75) is 11.1 Å². The summed E-state index contributed by atoms with van der Waals surface area (Å²) in [6, 6.07) is 12.5. The standard InChI is InChI=1S/C20H22N4O4S2/c1-15-18(19(25)21(2)20(26)24(15)16-7-4-3-5-8-16)22-10-12-23(13-11-22)30(27,28)17-9-6-14-29-17/h3-9,14H,10-13H2,1-2H3. The fourth-order valence-electron chi connectivity index (χ4n) is 3.73. The summed E-state index contributed by atoms with van der Waals surface area (Å²) in [5.41, 5.74) is 0.861. The molecular weight excluding hydrogens is 424 g/mol. The van der Waals surface area contributed by atoms with Crippen molar-refractivity contribution in [1.29, 1.82) is 0 Å². The first kappa shape index (κ1) is 20.6. The fraction of sp³-hybridized carbons (Fsp3) is 0.300. The summed E-state index contributed by atoms with van der Waals surface area (Å²) in [5, 5.41) is 1.74. The predicted octanol–water partition coefficient (Wildman–Crippen LogP) is 1.42. The third-order valence-corrected chi connectivity index (χ3v) is 8.59. The lowest BCUT2D eigenvalue weighted by molar-refractivity contribution is 0.384. The molecule has 0 unspecified atom stereocenters. The van der Waals surface area contributed by atoms with Gasteiger partial charge in [-0.25, -0.2) is 13.2 Å². The molecule has 0 radical (unpaired) electrons. The van der Waals surface area contributed by atoms with Crippen LogP contribution in [0.2, 0.25) is 0 Å². The van der Waals surface area contributed by atoms with Crippen LogP contribution in [0, 0.1) is 6.92 Å². The van der Waals surface area contributed by atoms with Crippen molar-refractivity contribution in [2.24, 2.45) is 7.05 Å². The van der Waals surface area contributed by atoms with E-state index in [4.69, 9.17) is 0 Å². The number of nitrogens with zero attached hydrogens (tertiary/aromatic N) is 4. The molecule has 8 nitrogen and oxygen atoms in total. The van der Waals surface area contributed by atoms with Gasteiger partial charge in [-0.15, -0.1) is 11.3 Å². The maximum atomic E-state index is 12.9. The molecule has 4 rings (SSSR count). The summed E-state index contributed by atoms with van der Waals surface area (Å²) in [7, 11) is -2.06. The Kier molecular flexibility index (Phi) is 5.39. The number of thiophene rings is 1. The van der Waals surface area contributed by atoms with E-state index in [-0.39, 0.29) is 18.6 Å². The van der Waals surface area contributed by atoms with E-state index in [0.717, 1.165) is 4.57 Å². The van der Waals surface area contributed by atoms with E-state index >= 15 is 0 Å². The number of sulfonamides is 1. The Morgan fingerprint density at radius 3 is 2.20 bits per heavy atom. The Morgan fingerprint density at radius 1 is 0.933 bits per heavy atom. The average molecular weight is 447 g/mol. The van der Waals surface area contributed by atoms with Crippen LogP contribution in [0.4, 0.5) is 5.69 Å². The minimum atomic E-state index is -3.52. The molecule has 1 fully saturated rings. The summed E-state index contributed by atoms with van der Waals surface area (Å²) < 4.78 is 29.9. The zero-order valence-electron chi connectivity index (χ0n) is 16.7. The minimum Gasteiger partial charge on any atom is -0.363 e. The maximum Gasteiger partial charge on any atom is 0.335 e. The molecule has 30 heavy (non-hydrogen) atoms. The molecule has 3 aromatic rings. The molecule has 3 heterocycles. The van der Waals surface area contributed by atoms with Gasteiger partial charge in [-0.3, -0.25) is 13.9 Å². The topological polar surface area (TPSA) is 84.6 Å². The molecule has 1 aliphatic heterocycles. The Hall–Kier alpha value is -2.69. The van der Waals surface area contributed by atoms with Crippen LogP contribution in [0.25, 0.3) is 5.69 Å². The first-order valence-corrected chi connectivity index (χ1v) is 11.8. The van der Waals surface area contributed by atoms with Crippen LogP contribution in [-0.2, 0) is 17.1 Å². The van der Waals surface area contributed by atoms with Crippen LogP contribution >= 0.6 is 11.3 Å². The summed E-state index contributed by atoms with van der Waals surface area (Å²) in [5.74, 6) is 0. The van der Waals surface area contributed by atoms with Crippen molar-refractivity contribution in [3.05, 3.63) is 74.4 Å². The Balaban J connectivity index is 1.69. The summed E-state index contributed by atoms with van der Waals surface area (Å²) >= 11 is 1.19. The number of hydrogen-bond acceptors (Lipinski definition) is 6. The summed E-state index contributed by atoms with van der Waals surface area (Å²) in [6.07, 6.45) is 0. The lowest BCUT2D eigenvalue weighted by atomic mass is 10.2. The van der Waals surface area contributed by atoms with E-state index in [0.29, 0.717) is 34.4 Å². The number of benzene rings is 1. The van der Waals surface area contributed by atoms with Gasteiger partial charge in [0.05, 0.1) is 11.4 Å². The molecule has 0 saturated carbocycles. The SMILES string of the molecule is Cc1c(N2CCN(S(=O)(=O)c3cccs3)CC2)c(=O)n(C)c(=O)n1-c1ccccc1. The van der Waals surface area contributed by atoms with Gasteiger partial charge < -0.3 is 4.90 Å². The molecule has 0 atom stereocenters. The molecule has 0 spiro atoms. The molecule has 0 amide bonds. The molecule has 10 heteroatoms. The van der Waals surface area contributed by atoms with Crippen molar-refractivity contribution in [3.63, 3.8) is 0 Å². The highest BCUT2D eigenvalue weighted by atomic mass is 32.2. The quantitative estimate of drug-likeness (QED) is 0.605. The monoisotopic (exact) mass is 446 g/mol. The fourth-order valence-corrected chi connectivity index (χ4v) is 6.30. The predicted molar refractivity (Wildman–Crippen MR) is 117 cm³/mol. The van der Waals surface area contributed by atoms with Gasteiger partial charge in [-0.05, 0) is 30.5 Å². The van der Waals surface area contributed by atoms with Gasteiger partial charge in [0, 0.05) is 33.2 Å². The molecule has 0 aliphatic carbocycles. The van der Waals surface area contributed by atoms with E-state index in [1.54, 1.807) is 24.4 Å². The summed E-state index contributed by atoms with van der Waals surface area (Å²) in [4.78, 5) is 27.6. The second kappa shape index (κ2) is 7.86. The maximum absolute atomic E-state index is 12.9. The second-order valence-corrected chi connectivity index (χ2v) is 10.2. The van der Waals surface area contributed by atoms with E-state index in [1.807, 2.05) is 35.2 Å². The minimum absolute atomic E-state index is 0.271. The van der Waals surface area contributed by atoms with Gasteiger partial charge in [0.15, 0.2) is 0 Å². The lowest BCUT2D eigenvalue weighted by Gasteiger charge is -2.35. The van der Waals surface area contributed by atoms with Gasteiger partial charge in [0.25, 0.3) is 15.6 Å². The molecule has 1 aliphatic rings. The number of anilines is 1. The largest absolute Gasteiger partial charge is 0.363 e. The molecule has 1 aromatic carbocycles. The summed E-state index contributed by atoms with van der Waals surface area (Å²) in [6.45, 7) is 3.03. The van der Waals surface area contributed by atoms with E-state index in [2.05, 4.69) is 0 Å². The second-order valence-electron chi connectivity index (χ2n) is 7.07. The van der Waals surface area contributed by atoms with Crippen LogP contribution < -0.4 is 16.1 Å². The van der Waals surface area contributed by atoms with Gasteiger partial charge in [0.1, 0.15) is 9.90 Å². The highest BCUT2D eigenvalue weighted by molar-refractivity contribution is 7.91. The van der Waals surface area contributed by atoms with Crippen molar-refractivity contribution in [1.82, 2.24) is 13.4 Å². The third-order valence-electron chi connectivity index (χ3n) is 5.32. The molecule has 0 bridgehead atoms. The number of para-hydroxylation sites is 1. The van der Waals surface area contributed by atoms with Crippen LogP contribution in [0.3, 0.4) is 0 Å². The van der Waals surface area contributed by atoms with E-state index in [1.165, 1.54) is 27.3 Å². The molecule has 158 valence electrons. The first-order valence-electron chi connectivity index (χ1n) is 9.49. The molecular formula is C20H22N4O4S2. The van der Waals surface area contributed by atoms with Crippen molar-refractivity contribution >= 4 is 27.0 Å². The Labute approximate surface area is 178 Å².